The first-order valence-electron chi connectivity index (χ1n) is 7.45. The summed E-state index contributed by atoms with van der Waals surface area (Å²) in [6, 6.07) is 0. The topological polar surface area (TPSA) is 20.2 Å². The molecule has 102 valence electrons. The lowest BCUT2D eigenvalue weighted by molar-refractivity contribution is -0.0332. The summed E-state index contributed by atoms with van der Waals surface area (Å²) in [5, 5.41) is 10.6. The van der Waals surface area contributed by atoms with Crippen molar-refractivity contribution in [1.29, 1.82) is 0 Å². The number of hydrogen-bond acceptors (Lipinski definition) is 1. The fourth-order valence-corrected chi connectivity index (χ4v) is 3.11. The minimum Gasteiger partial charge on any atom is -0.390 e. The van der Waals surface area contributed by atoms with Crippen molar-refractivity contribution in [2.75, 3.05) is 0 Å². The van der Waals surface area contributed by atoms with Gasteiger partial charge in [-0.05, 0) is 49.4 Å². The van der Waals surface area contributed by atoms with Gasteiger partial charge in [0.25, 0.3) is 0 Å². The average Bonchev–Trinajstić information content (AvgIpc) is 2.15. The van der Waals surface area contributed by atoms with E-state index in [1.165, 1.54) is 25.7 Å². The van der Waals surface area contributed by atoms with Crippen molar-refractivity contribution in [2.45, 2.75) is 85.2 Å². The summed E-state index contributed by atoms with van der Waals surface area (Å²) in [6.07, 6.45) is 7.92. The van der Waals surface area contributed by atoms with Gasteiger partial charge in [0.05, 0.1) is 5.60 Å². The predicted molar refractivity (Wildman–Crippen MR) is 75.1 cm³/mol. The van der Waals surface area contributed by atoms with Crippen LogP contribution in [0.5, 0.6) is 0 Å². The lowest BCUT2D eigenvalue weighted by Gasteiger charge is -2.41. The van der Waals surface area contributed by atoms with Crippen LogP contribution in [0.15, 0.2) is 0 Å². The summed E-state index contributed by atoms with van der Waals surface area (Å²) in [6.45, 7) is 11.5. The molecule has 0 aromatic carbocycles. The van der Waals surface area contributed by atoms with Crippen LogP contribution >= 0.6 is 0 Å². The minimum absolute atomic E-state index is 0.337. The molecule has 1 aliphatic carbocycles. The molecule has 1 heteroatoms. The van der Waals surface area contributed by atoms with Crippen molar-refractivity contribution in [1.82, 2.24) is 0 Å². The molecule has 0 saturated heterocycles. The molecule has 0 aromatic rings. The van der Waals surface area contributed by atoms with Crippen LogP contribution < -0.4 is 0 Å². The smallest absolute Gasteiger partial charge is 0.0648 e. The van der Waals surface area contributed by atoms with Gasteiger partial charge in [-0.25, -0.2) is 0 Å². The molecule has 0 aliphatic heterocycles. The maximum atomic E-state index is 10.6. The zero-order valence-corrected chi connectivity index (χ0v) is 12.6. The minimum atomic E-state index is -0.337. The molecule has 1 aliphatic rings. The molecule has 0 radical (unpaired) electrons. The normalized spacial score (nSPS) is 30.9. The summed E-state index contributed by atoms with van der Waals surface area (Å²) in [7, 11) is 0. The van der Waals surface area contributed by atoms with Crippen molar-refractivity contribution < 1.29 is 5.11 Å². The third-order valence-corrected chi connectivity index (χ3v) is 4.56. The fourth-order valence-electron chi connectivity index (χ4n) is 3.11. The van der Waals surface area contributed by atoms with E-state index in [9.17, 15) is 5.11 Å². The van der Waals surface area contributed by atoms with E-state index in [0.29, 0.717) is 5.41 Å². The highest BCUT2D eigenvalue weighted by Gasteiger charge is 2.36. The van der Waals surface area contributed by atoms with Gasteiger partial charge in [0.1, 0.15) is 0 Å². The van der Waals surface area contributed by atoms with Crippen LogP contribution in [-0.4, -0.2) is 10.7 Å². The summed E-state index contributed by atoms with van der Waals surface area (Å²) in [5.41, 5.74) is 0.0793. The van der Waals surface area contributed by atoms with Crippen molar-refractivity contribution in [2.24, 2.45) is 17.3 Å². The Morgan fingerprint density at radius 1 is 1.18 bits per heavy atom. The third-order valence-electron chi connectivity index (χ3n) is 4.56. The van der Waals surface area contributed by atoms with E-state index in [4.69, 9.17) is 0 Å². The van der Waals surface area contributed by atoms with Gasteiger partial charge >= 0.3 is 0 Å². The van der Waals surface area contributed by atoms with Crippen molar-refractivity contribution in [3.8, 4) is 0 Å². The van der Waals surface area contributed by atoms with E-state index in [2.05, 4.69) is 34.6 Å². The molecule has 0 spiro atoms. The van der Waals surface area contributed by atoms with E-state index < -0.39 is 0 Å². The quantitative estimate of drug-likeness (QED) is 0.749. The van der Waals surface area contributed by atoms with Gasteiger partial charge in [-0.1, -0.05) is 47.5 Å². The fraction of sp³-hybridized carbons (Fsp3) is 1.00. The lowest BCUT2D eigenvalue weighted by Crippen LogP contribution is -2.37. The molecule has 0 unspecified atom stereocenters. The summed E-state index contributed by atoms with van der Waals surface area (Å²) < 4.78 is 0. The van der Waals surface area contributed by atoms with Crippen molar-refractivity contribution in [3.63, 3.8) is 0 Å². The van der Waals surface area contributed by atoms with E-state index in [-0.39, 0.29) is 5.60 Å². The molecule has 1 saturated carbocycles. The van der Waals surface area contributed by atoms with Crippen LogP contribution in [0.4, 0.5) is 0 Å². The molecule has 0 amide bonds. The first-order chi connectivity index (χ1) is 7.73. The maximum absolute atomic E-state index is 10.6. The molecule has 17 heavy (non-hydrogen) atoms. The van der Waals surface area contributed by atoms with Gasteiger partial charge in [0.15, 0.2) is 0 Å². The van der Waals surface area contributed by atoms with Crippen molar-refractivity contribution in [3.05, 3.63) is 0 Å². The van der Waals surface area contributed by atoms with E-state index in [0.717, 1.165) is 31.1 Å². The molecule has 0 atom stereocenters. The Kier molecular flexibility index (Phi) is 5.07. The maximum Gasteiger partial charge on any atom is 0.0648 e. The van der Waals surface area contributed by atoms with Crippen LogP contribution in [0.3, 0.4) is 0 Å². The largest absolute Gasteiger partial charge is 0.390 e. The molecule has 1 N–H and O–H groups in total. The SMILES string of the molecule is CC(C)CCCC1(O)CCC(C(C)(C)C)CC1. The van der Waals surface area contributed by atoms with E-state index in [1.54, 1.807) is 0 Å². The average molecular weight is 240 g/mol. The van der Waals surface area contributed by atoms with Crippen LogP contribution in [0, 0.1) is 17.3 Å². The van der Waals surface area contributed by atoms with Gasteiger partial charge in [-0.15, -0.1) is 0 Å². The Labute approximate surface area is 108 Å². The standard InChI is InChI=1S/C16H32O/c1-13(2)7-6-10-16(17)11-8-14(9-12-16)15(3,4)5/h13-14,17H,6-12H2,1-5H3. The van der Waals surface area contributed by atoms with Gasteiger partial charge in [0.2, 0.25) is 0 Å². The highest BCUT2D eigenvalue weighted by Crippen LogP contribution is 2.43. The number of rotatable bonds is 4. The second-order valence-electron chi connectivity index (χ2n) is 7.65. The molecule has 0 bridgehead atoms. The van der Waals surface area contributed by atoms with Gasteiger partial charge in [-0.3, -0.25) is 0 Å². The molecule has 0 heterocycles. The Morgan fingerprint density at radius 3 is 2.12 bits per heavy atom. The number of hydrogen-bond donors (Lipinski definition) is 1. The third kappa shape index (κ3) is 4.99. The second kappa shape index (κ2) is 5.73. The molecule has 1 rings (SSSR count). The zero-order chi connectivity index (χ0) is 13.1. The van der Waals surface area contributed by atoms with Crippen LogP contribution in [0.25, 0.3) is 0 Å². The summed E-state index contributed by atoms with van der Waals surface area (Å²) >= 11 is 0. The highest BCUT2D eigenvalue weighted by atomic mass is 16.3. The van der Waals surface area contributed by atoms with Gasteiger partial charge in [0, 0.05) is 0 Å². The van der Waals surface area contributed by atoms with Crippen LogP contribution in [0.2, 0.25) is 0 Å². The second-order valence-corrected chi connectivity index (χ2v) is 7.65. The number of aliphatic hydroxyl groups is 1. The van der Waals surface area contributed by atoms with Gasteiger partial charge < -0.3 is 5.11 Å². The summed E-state index contributed by atoms with van der Waals surface area (Å²) in [4.78, 5) is 0. The van der Waals surface area contributed by atoms with Crippen LogP contribution in [-0.2, 0) is 0 Å². The predicted octanol–water partition coefficient (Wildman–Crippen LogP) is 4.78. The van der Waals surface area contributed by atoms with Gasteiger partial charge in [-0.2, -0.15) is 0 Å². The van der Waals surface area contributed by atoms with Crippen molar-refractivity contribution >= 4 is 0 Å². The molecule has 0 aromatic heterocycles. The molecular weight excluding hydrogens is 208 g/mol. The molecular formula is C16H32O. The monoisotopic (exact) mass is 240 g/mol. The first kappa shape index (κ1) is 15.0. The Morgan fingerprint density at radius 2 is 1.71 bits per heavy atom. The van der Waals surface area contributed by atoms with E-state index >= 15 is 0 Å². The zero-order valence-electron chi connectivity index (χ0n) is 12.6. The van der Waals surface area contributed by atoms with Crippen LogP contribution in [0.1, 0.15) is 79.6 Å². The Hall–Kier alpha value is -0.0400. The molecule has 1 nitrogen and oxygen atoms in total. The molecule has 1 fully saturated rings. The van der Waals surface area contributed by atoms with E-state index in [1.807, 2.05) is 0 Å². The first-order valence-corrected chi connectivity index (χ1v) is 7.45. The lowest BCUT2D eigenvalue weighted by atomic mass is 9.67. The Balaban J connectivity index is 2.34. The Bertz CT molecular complexity index is 216. The highest BCUT2D eigenvalue weighted by molar-refractivity contribution is 4.89. The summed E-state index contributed by atoms with van der Waals surface area (Å²) in [5.74, 6) is 1.57.